The maximum Gasteiger partial charge on any atom is 0.265 e. The number of alkyl halides is 2. The SMILES string of the molecule is COCCCNCC(O)C(F)F. The van der Waals surface area contributed by atoms with Crippen molar-refractivity contribution in [2.24, 2.45) is 0 Å². The Morgan fingerprint density at radius 2 is 2.17 bits per heavy atom. The van der Waals surface area contributed by atoms with Gasteiger partial charge in [0.25, 0.3) is 6.43 Å². The second kappa shape index (κ2) is 7.39. The van der Waals surface area contributed by atoms with Crippen LogP contribution in [-0.2, 0) is 4.74 Å². The van der Waals surface area contributed by atoms with Crippen molar-refractivity contribution in [1.29, 1.82) is 0 Å². The van der Waals surface area contributed by atoms with Crippen LogP contribution >= 0.6 is 0 Å². The minimum absolute atomic E-state index is 0.0681. The zero-order valence-corrected chi connectivity index (χ0v) is 7.09. The molecule has 0 fully saturated rings. The van der Waals surface area contributed by atoms with Crippen LogP contribution in [0.5, 0.6) is 0 Å². The maximum absolute atomic E-state index is 11.7. The molecule has 0 aromatic rings. The van der Waals surface area contributed by atoms with Gasteiger partial charge < -0.3 is 15.2 Å². The molecule has 0 aliphatic rings. The van der Waals surface area contributed by atoms with Crippen molar-refractivity contribution in [2.45, 2.75) is 19.0 Å². The molecule has 5 heteroatoms. The summed E-state index contributed by atoms with van der Waals surface area (Å²) in [5, 5.41) is 11.3. The third-order valence-electron chi connectivity index (χ3n) is 1.35. The summed E-state index contributed by atoms with van der Waals surface area (Å²) >= 11 is 0. The summed E-state index contributed by atoms with van der Waals surface area (Å²) in [6.45, 7) is 1.11. The number of hydrogen-bond acceptors (Lipinski definition) is 3. The van der Waals surface area contributed by atoms with E-state index in [2.05, 4.69) is 5.32 Å². The van der Waals surface area contributed by atoms with Crippen molar-refractivity contribution < 1.29 is 18.6 Å². The molecule has 0 saturated carbocycles. The first-order valence-corrected chi connectivity index (χ1v) is 3.84. The second-order valence-corrected chi connectivity index (χ2v) is 2.45. The number of hydrogen-bond donors (Lipinski definition) is 2. The fraction of sp³-hybridized carbons (Fsp3) is 1.00. The first kappa shape index (κ1) is 11.7. The molecule has 0 heterocycles. The van der Waals surface area contributed by atoms with E-state index in [-0.39, 0.29) is 6.54 Å². The molecule has 0 bridgehead atoms. The molecule has 0 saturated heterocycles. The highest BCUT2D eigenvalue weighted by Crippen LogP contribution is 1.98. The summed E-state index contributed by atoms with van der Waals surface area (Å²) in [7, 11) is 1.58. The van der Waals surface area contributed by atoms with E-state index in [0.29, 0.717) is 13.2 Å². The molecule has 1 atom stereocenters. The van der Waals surface area contributed by atoms with Crippen LogP contribution in [0.4, 0.5) is 8.78 Å². The van der Waals surface area contributed by atoms with Gasteiger partial charge in [0, 0.05) is 20.3 Å². The van der Waals surface area contributed by atoms with E-state index in [0.717, 1.165) is 6.42 Å². The zero-order valence-electron chi connectivity index (χ0n) is 7.09. The zero-order chi connectivity index (χ0) is 9.40. The topological polar surface area (TPSA) is 41.5 Å². The highest BCUT2D eigenvalue weighted by Gasteiger charge is 2.15. The fourth-order valence-corrected chi connectivity index (χ4v) is 0.681. The van der Waals surface area contributed by atoms with Gasteiger partial charge in [0.05, 0.1) is 0 Å². The molecule has 12 heavy (non-hydrogen) atoms. The van der Waals surface area contributed by atoms with Crippen molar-refractivity contribution in [1.82, 2.24) is 5.32 Å². The van der Waals surface area contributed by atoms with Gasteiger partial charge in [-0.1, -0.05) is 0 Å². The Labute approximate surface area is 70.7 Å². The first-order chi connectivity index (χ1) is 5.68. The molecule has 74 valence electrons. The Morgan fingerprint density at radius 1 is 1.50 bits per heavy atom. The Balaban J connectivity index is 3.08. The van der Waals surface area contributed by atoms with Gasteiger partial charge in [-0.3, -0.25) is 0 Å². The van der Waals surface area contributed by atoms with E-state index < -0.39 is 12.5 Å². The molecular formula is C7H15F2NO2. The van der Waals surface area contributed by atoms with Crippen LogP contribution in [0.25, 0.3) is 0 Å². The molecule has 2 N–H and O–H groups in total. The largest absolute Gasteiger partial charge is 0.386 e. The quantitative estimate of drug-likeness (QED) is 0.555. The van der Waals surface area contributed by atoms with Gasteiger partial charge in [0.15, 0.2) is 0 Å². The van der Waals surface area contributed by atoms with Gasteiger partial charge in [-0.15, -0.1) is 0 Å². The molecule has 0 aromatic heterocycles. The lowest BCUT2D eigenvalue weighted by Crippen LogP contribution is -2.32. The van der Waals surface area contributed by atoms with Gasteiger partial charge in [-0.05, 0) is 13.0 Å². The lowest BCUT2D eigenvalue weighted by atomic mass is 10.3. The minimum Gasteiger partial charge on any atom is -0.386 e. The van der Waals surface area contributed by atoms with Crippen molar-refractivity contribution in [3.8, 4) is 0 Å². The van der Waals surface area contributed by atoms with E-state index >= 15 is 0 Å². The molecule has 0 rings (SSSR count). The van der Waals surface area contributed by atoms with E-state index in [1.54, 1.807) is 7.11 Å². The standard InChI is InChI=1S/C7H15F2NO2/c1-12-4-2-3-10-5-6(11)7(8)9/h6-7,10-11H,2-5H2,1H3. The normalized spacial score (nSPS) is 13.8. The predicted molar refractivity (Wildman–Crippen MR) is 41.4 cm³/mol. The molecule has 0 amide bonds. The van der Waals surface area contributed by atoms with E-state index in [1.165, 1.54) is 0 Å². The maximum atomic E-state index is 11.7. The molecule has 0 radical (unpaired) electrons. The number of halogens is 2. The molecule has 1 unspecified atom stereocenters. The Kier molecular flexibility index (Phi) is 7.23. The van der Waals surface area contributed by atoms with Crippen LogP contribution in [0, 0.1) is 0 Å². The average molecular weight is 183 g/mol. The first-order valence-electron chi connectivity index (χ1n) is 3.84. The Hall–Kier alpha value is -0.260. The molecule has 0 aromatic carbocycles. The molecule has 0 aliphatic heterocycles. The lowest BCUT2D eigenvalue weighted by Gasteiger charge is -2.09. The van der Waals surface area contributed by atoms with E-state index in [9.17, 15) is 8.78 Å². The van der Waals surface area contributed by atoms with Crippen LogP contribution < -0.4 is 5.32 Å². The van der Waals surface area contributed by atoms with Gasteiger partial charge in [-0.25, -0.2) is 8.78 Å². The van der Waals surface area contributed by atoms with Crippen LogP contribution in [0.15, 0.2) is 0 Å². The van der Waals surface area contributed by atoms with Gasteiger partial charge in [0.2, 0.25) is 0 Å². The summed E-state index contributed by atoms with van der Waals surface area (Å²) in [6, 6.07) is 0. The highest BCUT2D eigenvalue weighted by atomic mass is 19.3. The number of aliphatic hydroxyl groups is 1. The number of aliphatic hydroxyl groups excluding tert-OH is 1. The summed E-state index contributed by atoms with van der Waals surface area (Å²) in [5.74, 6) is 0. The predicted octanol–water partition coefficient (Wildman–Crippen LogP) is 0.239. The summed E-state index contributed by atoms with van der Waals surface area (Å²) in [4.78, 5) is 0. The number of methoxy groups -OCH3 is 1. The van der Waals surface area contributed by atoms with Crippen LogP contribution in [0.3, 0.4) is 0 Å². The monoisotopic (exact) mass is 183 g/mol. The summed E-state index contributed by atoms with van der Waals surface area (Å²) in [6.07, 6.45) is -3.47. The molecule has 3 nitrogen and oxygen atoms in total. The van der Waals surface area contributed by atoms with Crippen molar-refractivity contribution >= 4 is 0 Å². The smallest absolute Gasteiger partial charge is 0.265 e. The molecule has 0 aliphatic carbocycles. The van der Waals surface area contributed by atoms with Crippen molar-refractivity contribution in [2.75, 3.05) is 26.8 Å². The number of nitrogens with one attached hydrogen (secondary N) is 1. The highest BCUT2D eigenvalue weighted by molar-refractivity contribution is 4.60. The van der Waals surface area contributed by atoms with Crippen LogP contribution in [0.1, 0.15) is 6.42 Å². The second-order valence-electron chi connectivity index (χ2n) is 2.45. The van der Waals surface area contributed by atoms with E-state index in [4.69, 9.17) is 9.84 Å². The van der Waals surface area contributed by atoms with Crippen LogP contribution in [-0.4, -0.2) is 44.4 Å². The number of rotatable bonds is 7. The fourth-order valence-electron chi connectivity index (χ4n) is 0.681. The molecular weight excluding hydrogens is 168 g/mol. The van der Waals surface area contributed by atoms with Gasteiger partial charge >= 0.3 is 0 Å². The van der Waals surface area contributed by atoms with E-state index in [1.807, 2.05) is 0 Å². The number of ether oxygens (including phenoxy) is 1. The van der Waals surface area contributed by atoms with Gasteiger partial charge in [0.1, 0.15) is 6.10 Å². The van der Waals surface area contributed by atoms with Crippen LogP contribution in [0.2, 0.25) is 0 Å². The average Bonchev–Trinajstić information content (AvgIpc) is 2.03. The van der Waals surface area contributed by atoms with Crippen molar-refractivity contribution in [3.05, 3.63) is 0 Å². The summed E-state index contributed by atoms with van der Waals surface area (Å²) < 4.78 is 28.1. The third kappa shape index (κ3) is 6.45. The Bertz CT molecular complexity index is 103. The minimum atomic E-state index is -2.67. The molecule has 0 spiro atoms. The Morgan fingerprint density at radius 3 is 2.67 bits per heavy atom. The van der Waals surface area contributed by atoms with Gasteiger partial charge in [-0.2, -0.15) is 0 Å². The summed E-state index contributed by atoms with van der Waals surface area (Å²) in [5.41, 5.74) is 0. The van der Waals surface area contributed by atoms with Crippen molar-refractivity contribution in [3.63, 3.8) is 0 Å². The third-order valence-corrected chi connectivity index (χ3v) is 1.35. The lowest BCUT2D eigenvalue weighted by molar-refractivity contribution is -0.00332.